The Kier molecular flexibility index (Phi) is 6.56. The summed E-state index contributed by atoms with van der Waals surface area (Å²) in [6.07, 6.45) is 1.97. The van der Waals surface area contributed by atoms with Crippen LogP contribution in [0.3, 0.4) is 0 Å². The molecular formula is C21H24N4O5S2. The third kappa shape index (κ3) is 4.99. The fourth-order valence-corrected chi connectivity index (χ4v) is 6.20. The quantitative estimate of drug-likeness (QED) is 0.456. The van der Waals surface area contributed by atoms with Crippen LogP contribution in [0.15, 0.2) is 52.2 Å². The summed E-state index contributed by atoms with van der Waals surface area (Å²) in [5.74, 6) is 2.02. The Morgan fingerprint density at radius 2 is 2.16 bits per heavy atom. The van der Waals surface area contributed by atoms with Gasteiger partial charge in [0.2, 0.25) is 5.91 Å². The standard InChI is InChI=1S/C21H24N4O5S2/c1-24-20(15-5-3-6-17(11-15)29-2)22-23-21(24)31-13-19(26)25(12-18-7-4-9-30-18)16-8-10-32(27,28)14-16/h3-7,9,11,16H,8,10,12-14H2,1-2H3/t16-/m1/s1. The number of ether oxygens (including phenoxy) is 1. The number of thioether (sulfide) groups is 1. The number of rotatable bonds is 8. The smallest absolute Gasteiger partial charge is 0.233 e. The van der Waals surface area contributed by atoms with Crippen molar-refractivity contribution >= 4 is 27.5 Å². The molecule has 1 aromatic carbocycles. The molecular weight excluding hydrogens is 452 g/mol. The summed E-state index contributed by atoms with van der Waals surface area (Å²) in [6.45, 7) is 0.237. The zero-order valence-electron chi connectivity index (χ0n) is 17.8. The van der Waals surface area contributed by atoms with Gasteiger partial charge in [-0.1, -0.05) is 23.9 Å². The van der Waals surface area contributed by atoms with Gasteiger partial charge in [0.1, 0.15) is 11.5 Å². The molecule has 1 amide bonds. The van der Waals surface area contributed by atoms with Crippen LogP contribution in [-0.4, -0.2) is 64.4 Å². The van der Waals surface area contributed by atoms with Crippen molar-refractivity contribution in [1.29, 1.82) is 0 Å². The topological polar surface area (TPSA) is 108 Å². The first kappa shape index (κ1) is 22.4. The van der Waals surface area contributed by atoms with Gasteiger partial charge >= 0.3 is 0 Å². The number of carbonyl (C=O) groups is 1. The maximum absolute atomic E-state index is 13.1. The van der Waals surface area contributed by atoms with E-state index in [-0.39, 0.29) is 35.8 Å². The number of benzene rings is 1. The van der Waals surface area contributed by atoms with E-state index < -0.39 is 9.84 Å². The van der Waals surface area contributed by atoms with Crippen molar-refractivity contribution in [3.63, 3.8) is 0 Å². The van der Waals surface area contributed by atoms with Gasteiger partial charge < -0.3 is 18.6 Å². The van der Waals surface area contributed by atoms with E-state index in [4.69, 9.17) is 9.15 Å². The zero-order chi connectivity index (χ0) is 22.7. The maximum Gasteiger partial charge on any atom is 0.233 e. The van der Waals surface area contributed by atoms with Gasteiger partial charge in [-0.2, -0.15) is 0 Å². The van der Waals surface area contributed by atoms with Crippen molar-refractivity contribution in [2.75, 3.05) is 24.4 Å². The van der Waals surface area contributed by atoms with Gasteiger partial charge in [0.25, 0.3) is 0 Å². The lowest BCUT2D eigenvalue weighted by Gasteiger charge is -2.27. The Labute approximate surface area is 190 Å². The lowest BCUT2D eigenvalue weighted by molar-refractivity contribution is -0.131. The molecule has 3 aromatic rings. The number of hydrogen-bond acceptors (Lipinski definition) is 8. The minimum Gasteiger partial charge on any atom is -0.497 e. The minimum atomic E-state index is -3.13. The number of hydrogen-bond donors (Lipinski definition) is 0. The van der Waals surface area contributed by atoms with Crippen molar-refractivity contribution < 1.29 is 22.4 Å². The number of furan rings is 1. The number of methoxy groups -OCH3 is 1. The minimum absolute atomic E-state index is 0.0198. The molecule has 9 nitrogen and oxygen atoms in total. The molecule has 0 radical (unpaired) electrons. The first-order valence-electron chi connectivity index (χ1n) is 10.0. The summed E-state index contributed by atoms with van der Waals surface area (Å²) in [5.41, 5.74) is 0.855. The Morgan fingerprint density at radius 1 is 1.31 bits per heavy atom. The van der Waals surface area contributed by atoms with E-state index in [1.54, 1.807) is 24.1 Å². The van der Waals surface area contributed by atoms with E-state index >= 15 is 0 Å². The lowest BCUT2D eigenvalue weighted by atomic mass is 10.2. The molecule has 0 saturated carbocycles. The average molecular weight is 477 g/mol. The first-order chi connectivity index (χ1) is 15.4. The van der Waals surface area contributed by atoms with Gasteiger partial charge in [-0.3, -0.25) is 4.79 Å². The molecule has 1 saturated heterocycles. The van der Waals surface area contributed by atoms with Crippen LogP contribution < -0.4 is 4.74 Å². The SMILES string of the molecule is COc1cccc(-c2nnc(SCC(=O)N(Cc3ccco3)[C@@H]3CCS(=O)(=O)C3)n2C)c1. The second-order valence-electron chi connectivity index (χ2n) is 7.54. The predicted molar refractivity (Wildman–Crippen MR) is 120 cm³/mol. The molecule has 1 aliphatic heterocycles. The number of sulfone groups is 1. The van der Waals surface area contributed by atoms with Crippen LogP contribution >= 0.6 is 11.8 Å². The molecule has 11 heteroatoms. The van der Waals surface area contributed by atoms with Gasteiger partial charge in [-0.25, -0.2) is 8.42 Å². The lowest BCUT2D eigenvalue weighted by Crippen LogP contribution is -2.41. The van der Waals surface area contributed by atoms with Gasteiger partial charge in [0, 0.05) is 18.7 Å². The Balaban J connectivity index is 1.47. The average Bonchev–Trinajstić information content (AvgIpc) is 3.51. The van der Waals surface area contributed by atoms with E-state index in [9.17, 15) is 13.2 Å². The van der Waals surface area contributed by atoms with Gasteiger partial charge in [0.15, 0.2) is 20.8 Å². The Hall–Kier alpha value is -2.79. The molecule has 32 heavy (non-hydrogen) atoms. The number of amides is 1. The molecule has 0 aliphatic carbocycles. The van der Waals surface area contributed by atoms with E-state index in [2.05, 4.69) is 10.2 Å². The van der Waals surface area contributed by atoms with Gasteiger partial charge in [0.05, 0.1) is 37.2 Å². The summed E-state index contributed by atoms with van der Waals surface area (Å²) < 4.78 is 36.4. The highest BCUT2D eigenvalue weighted by Gasteiger charge is 2.35. The molecule has 0 bridgehead atoms. The number of aromatic nitrogens is 3. The van der Waals surface area contributed by atoms with E-state index in [1.165, 1.54) is 18.0 Å². The zero-order valence-corrected chi connectivity index (χ0v) is 19.4. The molecule has 0 N–H and O–H groups in total. The van der Waals surface area contributed by atoms with Crippen molar-refractivity contribution in [3.8, 4) is 17.1 Å². The Morgan fingerprint density at radius 3 is 2.84 bits per heavy atom. The molecule has 0 spiro atoms. The number of nitrogens with zero attached hydrogens (tertiary/aromatic N) is 4. The van der Waals surface area contributed by atoms with E-state index in [0.717, 1.165) is 11.3 Å². The second-order valence-corrected chi connectivity index (χ2v) is 10.7. The summed E-state index contributed by atoms with van der Waals surface area (Å²) >= 11 is 1.27. The van der Waals surface area contributed by atoms with Crippen molar-refractivity contribution in [3.05, 3.63) is 48.4 Å². The van der Waals surface area contributed by atoms with Crippen molar-refractivity contribution in [1.82, 2.24) is 19.7 Å². The van der Waals surface area contributed by atoms with Crippen molar-refractivity contribution in [2.45, 2.75) is 24.2 Å². The molecule has 0 unspecified atom stereocenters. The molecule has 4 rings (SSSR count). The monoisotopic (exact) mass is 476 g/mol. The highest BCUT2D eigenvalue weighted by molar-refractivity contribution is 7.99. The van der Waals surface area contributed by atoms with Crippen LogP contribution in [0.4, 0.5) is 0 Å². The molecule has 2 aromatic heterocycles. The van der Waals surface area contributed by atoms with E-state index in [0.29, 0.717) is 23.2 Å². The van der Waals surface area contributed by atoms with Crippen molar-refractivity contribution in [2.24, 2.45) is 7.05 Å². The van der Waals surface area contributed by atoms with Crippen LogP contribution in [0.2, 0.25) is 0 Å². The first-order valence-corrected chi connectivity index (χ1v) is 12.9. The molecule has 1 atom stereocenters. The number of carbonyl (C=O) groups excluding carboxylic acids is 1. The highest BCUT2D eigenvalue weighted by atomic mass is 32.2. The molecule has 1 fully saturated rings. The van der Waals surface area contributed by atoms with Crippen LogP contribution in [0.25, 0.3) is 11.4 Å². The normalized spacial score (nSPS) is 17.4. The fourth-order valence-electron chi connectivity index (χ4n) is 3.68. The molecule has 1 aliphatic rings. The van der Waals surface area contributed by atoms with Crippen LogP contribution in [0.5, 0.6) is 5.75 Å². The van der Waals surface area contributed by atoms with Crippen LogP contribution in [0.1, 0.15) is 12.2 Å². The Bertz CT molecular complexity index is 1190. The highest BCUT2D eigenvalue weighted by Crippen LogP contribution is 2.27. The predicted octanol–water partition coefficient (Wildman–Crippen LogP) is 2.39. The summed E-state index contributed by atoms with van der Waals surface area (Å²) in [6, 6.07) is 10.7. The molecule has 3 heterocycles. The molecule has 170 valence electrons. The van der Waals surface area contributed by atoms with Crippen LogP contribution in [-0.2, 0) is 28.2 Å². The van der Waals surface area contributed by atoms with Gasteiger partial charge in [-0.15, -0.1) is 10.2 Å². The largest absolute Gasteiger partial charge is 0.497 e. The summed E-state index contributed by atoms with van der Waals surface area (Å²) in [4.78, 5) is 14.7. The third-order valence-corrected chi connectivity index (χ3v) is 8.12. The van der Waals surface area contributed by atoms with Gasteiger partial charge in [-0.05, 0) is 30.7 Å². The summed E-state index contributed by atoms with van der Waals surface area (Å²) in [5, 5.41) is 9.07. The summed E-state index contributed by atoms with van der Waals surface area (Å²) in [7, 11) is 0.315. The maximum atomic E-state index is 13.1. The van der Waals surface area contributed by atoms with E-state index in [1.807, 2.05) is 35.9 Å². The second kappa shape index (κ2) is 9.37. The fraction of sp³-hybridized carbons (Fsp3) is 0.381. The third-order valence-electron chi connectivity index (χ3n) is 5.36. The van der Waals surface area contributed by atoms with Crippen LogP contribution in [0, 0.1) is 0 Å².